The Labute approximate surface area is 157 Å². The highest BCUT2D eigenvalue weighted by atomic mass is 79.9. The van der Waals surface area contributed by atoms with Gasteiger partial charge in [0.25, 0.3) is 0 Å². The molecule has 5 heteroatoms. The third-order valence-corrected chi connectivity index (χ3v) is 4.08. The van der Waals surface area contributed by atoms with Gasteiger partial charge in [0.1, 0.15) is 0 Å². The maximum absolute atomic E-state index is 12.3. The van der Waals surface area contributed by atoms with Crippen LogP contribution in [0.4, 0.5) is 0 Å². The highest BCUT2D eigenvalue weighted by Crippen LogP contribution is 2.28. The Hall–Kier alpha value is -2.27. The minimum atomic E-state index is -0.0622. The summed E-state index contributed by atoms with van der Waals surface area (Å²) in [6.45, 7) is 3.00. The Bertz CT molecular complexity index is 758. The number of carbonyl (C=O) groups is 1. The highest BCUT2D eigenvalue weighted by Gasteiger charge is 2.09. The first-order chi connectivity index (χ1) is 12.0. The van der Waals surface area contributed by atoms with Gasteiger partial charge in [-0.25, -0.2) is 0 Å². The normalized spacial score (nSPS) is 10.7. The predicted molar refractivity (Wildman–Crippen MR) is 104 cm³/mol. The van der Waals surface area contributed by atoms with Crippen molar-refractivity contribution in [1.29, 1.82) is 0 Å². The van der Waals surface area contributed by atoms with Gasteiger partial charge in [-0.15, -0.1) is 0 Å². The Morgan fingerprint density at radius 3 is 2.68 bits per heavy atom. The van der Waals surface area contributed by atoms with E-state index in [2.05, 4.69) is 15.9 Å². The average Bonchev–Trinajstić information content (AvgIpc) is 2.61. The fraction of sp³-hybridized carbons (Fsp3) is 0.250. The molecule has 0 atom stereocenters. The molecule has 0 saturated heterocycles. The van der Waals surface area contributed by atoms with E-state index in [9.17, 15) is 4.79 Å². The number of ether oxygens (including phenoxy) is 2. The third-order valence-electron chi connectivity index (χ3n) is 3.59. The van der Waals surface area contributed by atoms with Crippen molar-refractivity contribution in [2.45, 2.75) is 13.5 Å². The Kier molecular flexibility index (Phi) is 7.07. The lowest BCUT2D eigenvalue weighted by Crippen LogP contribution is -2.24. The van der Waals surface area contributed by atoms with Gasteiger partial charge in [-0.2, -0.15) is 0 Å². The van der Waals surface area contributed by atoms with Crippen LogP contribution < -0.4 is 9.47 Å². The highest BCUT2D eigenvalue weighted by molar-refractivity contribution is 9.10. The summed E-state index contributed by atoms with van der Waals surface area (Å²) in [6.07, 6.45) is 3.38. The van der Waals surface area contributed by atoms with Gasteiger partial charge < -0.3 is 14.4 Å². The minimum absolute atomic E-state index is 0.0622. The van der Waals surface area contributed by atoms with Crippen molar-refractivity contribution in [3.8, 4) is 11.5 Å². The van der Waals surface area contributed by atoms with E-state index in [0.29, 0.717) is 24.7 Å². The van der Waals surface area contributed by atoms with Crippen LogP contribution in [-0.4, -0.2) is 31.6 Å². The van der Waals surface area contributed by atoms with Crippen molar-refractivity contribution < 1.29 is 14.3 Å². The van der Waals surface area contributed by atoms with Crippen LogP contribution in [0.25, 0.3) is 6.08 Å². The molecule has 0 radical (unpaired) electrons. The summed E-state index contributed by atoms with van der Waals surface area (Å²) < 4.78 is 11.8. The molecule has 132 valence electrons. The summed E-state index contributed by atoms with van der Waals surface area (Å²) in [5.74, 6) is 1.31. The van der Waals surface area contributed by atoms with Crippen LogP contribution >= 0.6 is 15.9 Å². The van der Waals surface area contributed by atoms with E-state index in [0.717, 1.165) is 15.6 Å². The van der Waals surface area contributed by atoms with Crippen LogP contribution in [0.5, 0.6) is 11.5 Å². The zero-order valence-electron chi connectivity index (χ0n) is 14.7. The van der Waals surface area contributed by atoms with E-state index in [-0.39, 0.29) is 5.91 Å². The number of amides is 1. The van der Waals surface area contributed by atoms with Gasteiger partial charge in [0, 0.05) is 24.1 Å². The SMILES string of the molecule is CCOc1ccc(CN(C)C(=O)C=Cc2cccc(Br)c2)cc1OC. The maximum Gasteiger partial charge on any atom is 0.246 e. The van der Waals surface area contributed by atoms with Crippen LogP contribution in [0.2, 0.25) is 0 Å². The summed E-state index contributed by atoms with van der Waals surface area (Å²) in [5.41, 5.74) is 1.95. The molecule has 2 aromatic carbocycles. The van der Waals surface area contributed by atoms with Crippen LogP contribution in [0.1, 0.15) is 18.1 Å². The number of nitrogens with zero attached hydrogens (tertiary/aromatic N) is 1. The molecule has 4 nitrogen and oxygen atoms in total. The number of likely N-dealkylation sites (N-methyl/N-ethyl adjacent to an activating group) is 1. The van der Waals surface area contributed by atoms with Gasteiger partial charge >= 0.3 is 0 Å². The number of halogens is 1. The molecule has 1 amide bonds. The lowest BCUT2D eigenvalue weighted by molar-refractivity contribution is -0.125. The summed E-state index contributed by atoms with van der Waals surface area (Å²) >= 11 is 3.42. The first-order valence-electron chi connectivity index (χ1n) is 8.02. The minimum Gasteiger partial charge on any atom is -0.493 e. The molecule has 0 saturated carbocycles. The average molecular weight is 404 g/mol. The molecule has 0 aromatic heterocycles. The standard InChI is InChI=1S/C20H22BrNO3/c1-4-25-18-10-8-16(13-19(18)24-3)14-22(2)20(23)11-9-15-6-5-7-17(21)12-15/h5-13H,4,14H2,1-3H3. The molecule has 0 N–H and O–H groups in total. The number of methoxy groups -OCH3 is 1. The van der Waals surface area contributed by atoms with E-state index < -0.39 is 0 Å². The molecule has 0 spiro atoms. The van der Waals surface area contributed by atoms with Gasteiger partial charge in [0.2, 0.25) is 5.91 Å². The first kappa shape index (κ1) is 19.1. The van der Waals surface area contributed by atoms with Crippen molar-refractivity contribution in [3.05, 3.63) is 64.1 Å². The molecule has 0 aliphatic heterocycles. The van der Waals surface area contributed by atoms with E-state index in [4.69, 9.17) is 9.47 Å². The molecule has 0 aliphatic rings. The second-order valence-electron chi connectivity index (χ2n) is 5.50. The number of rotatable bonds is 7. The Balaban J connectivity index is 2.03. The molecule has 25 heavy (non-hydrogen) atoms. The van der Waals surface area contributed by atoms with E-state index >= 15 is 0 Å². The summed E-state index contributed by atoms with van der Waals surface area (Å²) in [4.78, 5) is 14.0. The first-order valence-corrected chi connectivity index (χ1v) is 8.81. The molecular formula is C20H22BrNO3. The van der Waals surface area contributed by atoms with Crippen LogP contribution in [0.15, 0.2) is 53.0 Å². The second-order valence-corrected chi connectivity index (χ2v) is 6.42. The zero-order chi connectivity index (χ0) is 18.2. The smallest absolute Gasteiger partial charge is 0.246 e. The van der Waals surface area contributed by atoms with Gasteiger partial charge in [-0.05, 0) is 48.4 Å². The van der Waals surface area contributed by atoms with Crippen LogP contribution in [0, 0.1) is 0 Å². The van der Waals surface area contributed by atoms with Gasteiger partial charge in [-0.1, -0.05) is 34.1 Å². The zero-order valence-corrected chi connectivity index (χ0v) is 16.2. The third kappa shape index (κ3) is 5.64. The van der Waals surface area contributed by atoms with Gasteiger partial charge in [0.15, 0.2) is 11.5 Å². The fourth-order valence-corrected chi connectivity index (χ4v) is 2.76. The largest absolute Gasteiger partial charge is 0.493 e. The molecule has 0 heterocycles. The van der Waals surface area contributed by atoms with Crippen LogP contribution in [-0.2, 0) is 11.3 Å². The van der Waals surface area contributed by atoms with Crippen molar-refractivity contribution in [2.24, 2.45) is 0 Å². The molecule has 0 aliphatic carbocycles. The molecule has 2 aromatic rings. The van der Waals surface area contributed by atoms with E-state index in [1.54, 1.807) is 25.1 Å². The summed E-state index contributed by atoms with van der Waals surface area (Å²) in [6, 6.07) is 13.5. The number of benzene rings is 2. The molecule has 0 fully saturated rings. The quantitative estimate of drug-likeness (QED) is 0.637. The Morgan fingerprint density at radius 1 is 1.20 bits per heavy atom. The lowest BCUT2D eigenvalue weighted by atomic mass is 10.2. The second kappa shape index (κ2) is 9.28. The number of hydrogen-bond donors (Lipinski definition) is 0. The maximum atomic E-state index is 12.3. The summed E-state index contributed by atoms with van der Waals surface area (Å²) in [5, 5.41) is 0. The van der Waals surface area contributed by atoms with E-state index in [1.165, 1.54) is 0 Å². The van der Waals surface area contributed by atoms with Gasteiger partial charge in [-0.3, -0.25) is 4.79 Å². The number of hydrogen-bond acceptors (Lipinski definition) is 3. The van der Waals surface area contributed by atoms with E-state index in [1.807, 2.05) is 55.5 Å². The monoisotopic (exact) mass is 403 g/mol. The molecule has 2 rings (SSSR count). The molecule has 0 bridgehead atoms. The lowest BCUT2D eigenvalue weighted by Gasteiger charge is -2.17. The predicted octanol–water partition coefficient (Wildman–Crippen LogP) is 4.53. The Morgan fingerprint density at radius 2 is 2.00 bits per heavy atom. The van der Waals surface area contributed by atoms with Gasteiger partial charge in [0.05, 0.1) is 13.7 Å². The number of carbonyl (C=O) groups excluding carboxylic acids is 1. The van der Waals surface area contributed by atoms with Crippen molar-refractivity contribution in [2.75, 3.05) is 20.8 Å². The van der Waals surface area contributed by atoms with Crippen molar-refractivity contribution in [1.82, 2.24) is 4.90 Å². The van der Waals surface area contributed by atoms with Crippen molar-refractivity contribution >= 4 is 27.9 Å². The fourth-order valence-electron chi connectivity index (χ4n) is 2.34. The molecular weight excluding hydrogens is 382 g/mol. The van der Waals surface area contributed by atoms with Crippen LogP contribution in [0.3, 0.4) is 0 Å². The topological polar surface area (TPSA) is 38.8 Å². The molecule has 0 unspecified atom stereocenters. The van der Waals surface area contributed by atoms with Crippen molar-refractivity contribution in [3.63, 3.8) is 0 Å². The summed E-state index contributed by atoms with van der Waals surface area (Å²) in [7, 11) is 3.38.